The lowest BCUT2D eigenvalue weighted by Gasteiger charge is -2.40. The minimum atomic E-state index is -1.62. The molecule has 1 rings (SSSR count). The second-order valence-electron chi connectivity index (χ2n) is 15.9. The average Bonchev–Trinajstić information content (AvgIpc) is 3.16. The third-order valence-electron chi connectivity index (χ3n) is 11.0. The Morgan fingerprint density at radius 3 is 1.45 bits per heavy atom. The molecule has 6 N–H and O–H groups in total. The van der Waals surface area contributed by atoms with Crippen LogP contribution in [0, 0.1) is 5.92 Å². The number of ether oxygens (including phenoxy) is 2. The van der Waals surface area contributed by atoms with E-state index in [1.165, 1.54) is 135 Å². The first kappa shape index (κ1) is 50.1. The van der Waals surface area contributed by atoms with Crippen LogP contribution in [0.5, 0.6) is 0 Å². The maximum atomic E-state index is 13.4. The summed E-state index contributed by atoms with van der Waals surface area (Å²) in [5.41, 5.74) is 0. The standard InChI is InChI=1S/C44H84O9/c1-3-5-7-9-11-13-14-15-16-17-18-19-20-21-22-23-25-27-29-31-33-38(47)40(48)36(37(46)32-30-28-26-24-12-10-8-6-4-2)35-52-44-43(51)42(50)41(49)39(34-45)53-44/h30,32,36-39,41-47,49-51H,3-29,31,33-35H2,1-2H3/b32-30+/t36-,37+,38+,39+,41-,42-,43+,44+/m0/s1. The molecule has 0 aromatic heterocycles. The van der Waals surface area contributed by atoms with Gasteiger partial charge in [-0.25, -0.2) is 0 Å². The molecule has 314 valence electrons. The largest absolute Gasteiger partial charge is 0.394 e. The molecule has 1 saturated heterocycles. The number of unbranched alkanes of at least 4 members (excludes halogenated alkanes) is 26. The van der Waals surface area contributed by atoms with Gasteiger partial charge in [-0.1, -0.05) is 193 Å². The maximum absolute atomic E-state index is 13.4. The van der Waals surface area contributed by atoms with Crippen molar-refractivity contribution in [1.82, 2.24) is 0 Å². The van der Waals surface area contributed by atoms with E-state index in [4.69, 9.17) is 9.47 Å². The fraction of sp³-hybridized carbons (Fsp3) is 0.932. The lowest BCUT2D eigenvalue weighted by molar-refractivity contribution is -0.303. The topological polar surface area (TPSA) is 157 Å². The van der Waals surface area contributed by atoms with Gasteiger partial charge in [-0.05, 0) is 19.3 Å². The van der Waals surface area contributed by atoms with E-state index in [2.05, 4.69) is 13.8 Å². The van der Waals surface area contributed by atoms with Crippen molar-refractivity contribution in [3.8, 4) is 0 Å². The van der Waals surface area contributed by atoms with Gasteiger partial charge < -0.3 is 40.1 Å². The zero-order valence-corrected chi connectivity index (χ0v) is 34.1. The van der Waals surface area contributed by atoms with Gasteiger partial charge in [0.15, 0.2) is 12.1 Å². The quantitative estimate of drug-likeness (QED) is 0.0270. The van der Waals surface area contributed by atoms with Gasteiger partial charge in [-0.15, -0.1) is 0 Å². The highest BCUT2D eigenvalue weighted by Gasteiger charge is 2.44. The summed E-state index contributed by atoms with van der Waals surface area (Å²) in [4.78, 5) is 13.4. The molecule has 1 heterocycles. The normalized spacial score (nSPS) is 22.4. The van der Waals surface area contributed by atoms with E-state index in [1.54, 1.807) is 6.08 Å². The second kappa shape index (κ2) is 34.3. The van der Waals surface area contributed by atoms with Crippen molar-refractivity contribution in [3.05, 3.63) is 12.2 Å². The maximum Gasteiger partial charge on any atom is 0.186 e. The van der Waals surface area contributed by atoms with Crippen LogP contribution in [-0.2, 0) is 14.3 Å². The van der Waals surface area contributed by atoms with Gasteiger partial charge in [0.1, 0.15) is 30.5 Å². The van der Waals surface area contributed by atoms with Crippen molar-refractivity contribution >= 4 is 5.78 Å². The van der Waals surface area contributed by atoms with Gasteiger partial charge in [-0.2, -0.15) is 0 Å². The molecule has 0 aromatic rings. The molecular formula is C44H84O9. The molecule has 53 heavy (non-hydrogen) atoms. The summed E-state index contributed by atoms with van der Waals surface area (Å²) in [6, 6.07) is 0. The van der Waals surface area contributed by atoms with Gasteiger partial charge in [0, 0.05) is 0 Å². The van der Waals surface area contributed by atoms with E-state index < -0.39 is 61.2 Å². The zero-order valence-electron chi connectivity index (χ0n) is 34.1. The van der Waals surface area contributed by atoms with E-state index in [0.717, 1.165) is 38.5 Å². The van der Waals surface area contributed by atoms with E-state index in [1.807, 2.05) is 6.08 Å². The molecular weight excluding hydrogens is 672 g/mol. The monoisotopic (exact) mass is 757 g/mol. The highest BCUT2D eigenvalue weighted by Crippen LogP contribution is 2.24. The number of hydrogen-bond acceptors (Lipinski definition) is 9. The molecule has 0 aromatic carbocycles. The molecule has 0 saturated carbocycles. The number of aliphatic hydroxyl groups is 6. The third kappa shape index (κ3) is 24.4. The molecule has 0 aliphatic carbocycles. The van der Waals surface area contributed by atoms with Gasteiger partial charge in [0.05, 0.1) is 25.2 Å². The molecule has 0 radical (unpaired) electrons. The van der Waals surface area contributed by atoms with Crippen LogP contribution >= 0.6 is 0 Å². The van der Waals surface area contributed by atoms with Crippen LogP contribution in [0.25, 0.3) is 0 Å². The first-order valence-electron chi connectivity index (χ1n) is 22.3. The summed E-state index contributed by atoms with van der Waals surface area (Å²) >= 11 is 0. The Hall–Kier alpha value is -0.910. The van der Waals surface area contributed by atoms with Crippen LogP contribution in [0.3, 0.4) is 0 Å². The summed E-state index contributed by atoms with van der Waals surface area (Å²) in [7, 11) is 0. The first-order valence-corrected chi connectivity index (χ1v) is 22.3. The SMILES string of the molecule is CCCCCCCCC/C=C/[C@@H](O)[C@H](CO[C@@H]1O[C@H](CO)[C@H](O)[C@H](O)[C@H]1O)C(=O)[C@H](O)CCCCCCCCCCCCCCCCCCCCCC. The highest BCUT2D eigenvalue weighted by molar-refractivity contribution is 5.86. The van der Waals surface area contributed by atoms with E-state index in [0.29, 0.717) is 12.8 Å². The molecule has 1 aliphatic rings. The molecule has 1 aliphatic heterocycles. The van der Waals surface area contributed by atoms with E-state index in [-0.39, 0.29) is 6.61 Å². The van der Waals surface area contributed by atoms with E-state index >= 15 is 0 Å². The van der Waals surface area contributed by atoms with Crippen LogP contribution < -0.4 is 0 Å². The van der Waals surface area contributed by atoms with Crippen molar-refractivity contribution in [2.75, 3.05) is 13.2 Å². The van der Waals surface area contributed by atoms with Crippen molar-refractivity contribution < 1.29 is 44.9 Å². The molecule has 0 bridgehead atoms. The molecule has 9 heteroatoms. The van der Waals surface area contributed by atoms with Crippen molar-refractivity contribution in [1.29, 1.82) is 0 Å². The Morgan fingerprint density at radius 2 is 1.02 bits per heavy atom. The Bertz CT molecular complexity index is 853. The summed E-state index contributed by atoms with van der Waals surface area (Å²) in [5, 5.41) is 62.0. The second-order valence-corrected chi connectivity index (χ2v) is 15.9. The summed E-state index contributed by atoms with van der Waals surface area (Å²) in [6.07, 6.45) is 28.5. The van der Waals surface area contributed by atoms with Crippen molar-refractivity contribution in [2.24, 2.45) is 5.92 Å². The van der Waals surface area contributed by atoms with Gasteiger partial charge in [0.2, 0.25) is 0 Å². The number of Topliss-reactive ketones (excluding diaryl/α,β-unsaturated/α-hetero) is 1. The summed E-state index contributed by atoms with van der Waals surface area (Å²) < 4.78 is 11.1. The minimum absolute atomic E-state index is 0.294. The lowest BCUT2D eigenvalue weighted by Crippen LogP contribution is -2.59. The third-order valence-corrected chi connectivity index (χ3v) is 11.0. The van der Waals surface area contributed by atoms with Crippen LogP contribution in [0.1, 0.15) is 200 Å². The average molecular weight is 757 g/mol. The molecule has 8 atom stereocenters. The molecule has 9 nitrogen and oxygen atoms in total. The summed E-state index contributed by atoms with van der Waals surface area (Å²) in [6.45, 7) is 3.50. The Morgan fingerprint density at radius 1 is 0.604 bits per heavy atom. The highest BCUT2D eigenvalue weighted by atomic mass is 16.7. The molecule has 0 unspecified atom stereocenters. The molecule has 0 amide bonds. The van der Waals surface area contributed by atoms with Crippen LogP contribution in [0.2, 0.25) is 0 Å². The fourth-order valence-corrected chi connectivity index (χ4v) is 7.32. The predicted molar refractivity (Wildman–Crippen MR) is 215 cm³/mol. The number of hydrogen-bond donors (Lipinski definition) is 6. The Kier molecular flexibility index (Phi) is 32.5. The van der Waals surface area contributed by atoms with Gasteiger partial charge in [-0.3, -0.25) is 4.79 Å². The van der Waals surface area contributed by atoms with Crippen LogP contribution in [0.15, 0.2) is 12.2 Å². The number of aliphatic hydroxyl groups excluding tert-OH is 6. The van der Waals surface area contributed by atoms with Crippen molar-refractivity contribution in [3.63, 3.8) is 0 Å². The number of allylic oxidation sites excluding steroid dienone is 1. The van der Waals surface area contributed by atoms with Crippen molar-refractivity contribution in [2.45, 2.75) is 243 Å². The van der Waals surface area contributed by atoms with Gasteiger partial charge in [0.25, 0.3) is 0 Å². The van der Waals surface area contributed by atoms with E-state index in [9.17, 15) is 35.4 Å². The zero-order chi connectivity index (χ0) is 38.9. The number of rotatable bonds is 37. The number of ketones is 1. The summed E-state index contributed by atoms with van der Waals surface area (Å²) in [5.74, 6) is -1.66. The first-order chi connectivity index (χ1) is 25.8. The predicted octanol–water partition coefficient (Wildman–Crippen LogP) is 8.62. The number of carbonyl (C=O) groups is 1. The smallest absolute Gasteiger partial charge is 0.186 e. The van der Waals surface area contributed by atoms with Crippen LogP contribution in [0.4, 0.5) is 0 Å². The van der Waals surface area contributed by atoms with Crippen LogP contribution in [-0.4, -0.2) is 92.5 Å². The molecule has 0 spiro atoms. The van der Waals surface area contributed by atoms with Gasteiger partial charge >= 0.3 is 0 Å². The molecule has 1 fully saturated rings. The Labute approximate surface area is 324 Å². The minimum Gasteiger partial charge on any atom is -0.394 e. The fourth-order valence-electron chi connectivity index (χ4n) is 7.32. The Balaban J connectivity index is 2.35. The number of carbonyl (C=O) groups excluding carboxylic acids is 1. The lowest BCUT2D eigenvalue weighted by atomic mass is 9.91.